The number of benzene rings is 1. The van der Waals surface area contributed by atoms with E-state index in [4.69, 9.17) is 5.73 Å². The number of hydrogen-bond acceptors (Lipinski definition) is 3. The summed E-state index contributed by atoms with van der Waals surface area (Å²) < 4.78 is 25.7. The SMILES string of the molecule is CCC(CC)C(O)CNc1ccc(N)cc1C(F)F. The maximum atomic E-state index is 12.9. The van der Waals surface area contributed by atoms with Gasteiger partial charge in [-0.25, -0.2) is 8.78 Å². The Morgan fingerprint density at radius 1 is 1.26 bits per heavy atom. The predicted molar refractivity (Wildman–Crippen MR) is 74.4 cm³/mol. The lowest BCUT2D eigenvalue weighted by molar-refractivity contribution is 0.114. The minimum Gasteiger partial charge on any atom is -0.399 e. The number of anilines is 2. The van der Waals surface area contributed by atoms with Crippen LogP contribution in [0.2, 0.25) is 0 Å². The first-order valence-electron chi connectivity index (χ1n) is 6.59. The quantitative estimate of drug-likeness (QED) is 0.667. The zero-order valence-electron chi connectivity index (χ0n) is 11.4. The first-order valence-corrected chi connectivity index (χ1v) is 6.59. The molecular formula is C14H22F2N2O. The molecule has 4 N–H and O–H groups in total. The molecule has 1 unspecified atom stereocenters. The third-order valence-corrected chi connectivity index (χ3v) is 3.41. The normalized spacial score (nSPS) is 13.0. The fourth-order valence-electron chi connectivity index (χ4n) is 2.14. The molecule has 1 rings (SSSR count). The van der Waals surface area contributed by atoms with Crippen molar-refractivity contribution in [1.29, 1.82) is 0 Å². The van der Waals surface area contributed by atoms with Gasteiger partial charge in [0.05, 0.1) is 6.10 Å². The molecule has 1 atom stereocenters. The molecule has 0 spiro atoms. The maximum absolute atomic E-state index is 12.9. The summed E-state index contributed by atoms with van der Waals surface area (Å²) >= 11 is 0. The van der Waals surface area contributed by atoms with Gasteiger partial charge in [0, 0.05) is 23.5 Å². The number of alkyl halides is 2. The molecular weight excluding hydrogens is 250 g/mol. The molecule has 0 amide bonds. The Kier molecular flexibility index (Phi) is 6.02. The van der Waals surface area contributed by atoms with Gasteiger partial charge in [-0.3, -0.25) is 0 Å². The maximum Gasteiger partial charge on any atom is 0.265 e. The molecule has 3 nitrogen and oxygen atoms in total. The number of aliphatic hydroxyl groups excluding tert-OH is 1. The second-order valence-corrected chi connectivity index (χ2v) is 4.67. The molecule has 19 heavy (non-hydrogen) atoms. The average molecular weight is 272 g/mol. The molecule has 5 heteroatoms. The molecule has 108 valence electrons. The van der Waals surface area contributed by atoms with Gasteiger partial charge in [-0.15, -0.1) is 0 Å². The number of nitrogen functional groups attached to an aromatic ring is 1. The number of aliphatic hydroxyl groups is 1. The lowest BCUT2D eigenvalue weighted by Gasteiger charge is -2.21. The Bertz CT molecular complexity index is 395. The topological polar surface area (TPSA) is 58.3 Å². The van der Waals surface area contributed by atoms with Crippen molar-refractivity contribution in [1.82, 2.24) is 0 Å². The van der Waals surface area contributed by atoms with E-state index in [2.05, 4.69) is 5.32 Å². The van der Waals surface area contributed by atoms with Gasteiger partial charge in [0.1, 0.15) is 0 Å². The van der Waals surface area contributed by atoms with Crippen LogP contribution in [0.1, 0.15) is 38.7 Å². The van der Waals surface area contributed by atoms with Gasteiger partial charge in [0.25, 0.3) is 6.43 Å². The van der Waals surface area contributed by atoms with Gasteiger partial charge in [0.2, 0.25) is 0 Å². The number of nitrogens with one attached hydrogen (secondary N) is 1. The van der Waals surface area contributed by atoms with E-state index in [1.807, 2.05) is 13.8 Å². The molecule has 0 saturated carbocycles. The van der Waals surface area contributed by atoms with Crippen molar-refractivity contribution in [3.63, 3.8) is 0 Å². The molecule has 0 saturated heterocycles. The van der Waals surface area contributed by atoms with Crippen LogP contribution in [0.25, 0.3) is 0 Å². The second kappa shape index (κ2) is 7.28. The van der Waals surface area contributed by atoms with E-state index in [0.717, 1.165) is 12.8 Å². The molecule has 0 fully saturated rings. The zero-order chi connectivity index (χ0) is 14.4. The molecule has 0 aliphatic carbocycles. The largest absolute Gasteiger partial charge is 0.399 e. The number of rotatable bonds is 7. The third kappa shape index (κ3) is 4.35. The van der Waals surface area contributed by atoms with Gasteiger partial charge in [0.15, 0.2) is 0 Å². The van der Waals surface area contributed by atoms with Gasteiger partial charge < -0.3 is 16.2 Å². The lowest BCUT2D eigenvalue weighted by atomic mass is 9.96. The second-order valence-electron chi connectivity index (χ2n) is 4.67. The predicted octanol–water partition coefficient (Wildman–Crippen LogP) is 3.42. The van der Waals surface area contributed by atoms with Crippen LogP contribution >= 0.6 is 0 Å². The highest BCUT2D eigenvalue weighted by Gasteiger charge is 2.17. The summed E-state index contributed by atoms with van der Waals surface area (Å²) in [6, 6.07) is 4.35. The number of nitrogens with two attached hydrogens (primary N) is 1. The van der Waals surface area contributed by atoms with Gasteiger partial charge in [-0.1, -0.05) is 26.7 Å². The van der Waals surface area contributed by atoms with E-state index >= 15 is 0 Å². The minimum atomic E-state index is -2.59. The molecule has 0 heterocycles. The minimum absolute atomic E-state index is 0.128. The van der Waals surface area contributed by atoms with E-state index in [1.165, 1.54) is 12.1 Å². The van der Waals surface area contributed by atoms with Crippen molar-refractivity contribution in [2.75, 3.05) is 17.6 Å². The van der Waals surface area contributed by atoms with Crippen molar-refractivity contribution in [3.8, 4) is 0 Å². The molecule has 0 bridgehead atoms. The number of halogens is 2. The Hall–Kier alpha value is -1.36. The Morgan fingerprint density at radius 2 is 1.89 bits per heavy atom. The summed E-state index contributed by atoms with van der Waals surface area (Å²) in [4.78, 5) is 0. The van der Waals surface area contributed by atoms with Crippen molar-refractivity contribution in [3.05, 3.63) is 23.8 Å². The van der Waals surface area contributed by atoms with Crippen LogP contribution in [-0.4, -0.2) is 17.8 Å². The number of hydrogen-bond donors (Lipinski definition) is 3. The zero-order valence-corrected chi connectivity index (χ0v) is 11.4. The molecule has 0 aliphatic heterocycles. The van der Waals surface area contributed by atoms with E-state index in [-0.39, 0.29) is 18.0 Å². The first-order chi connectivity index (χ1) is 8.99. The van der Waals surface area contributed by atoms with Gasteiger partial charge in [-0.2, -0.15) is 0 Å². The molecule has 0 aromatic heterocycles. The molecule has 0 aliphatic rings. The van der Waals surface area contributed by atoms with Gasteiger partial charge in [-0.05, 0) is 24.1 Å². The van der Waals surface area contributed by atoms with Crippen molar-refractivity contribution >= 4 is 11.4 Å². The highest BCUT2D eigenvalue weighted by Crippen LogP contribution is 2.29. The van der Waals surface area contributed by atoms with Crippen molar-refractivity contribution in [2.24, 2.45) is 5.92 Å². The van der Waals surface area contributed by atoms with Crippen LogP contribution in [0.3, 0.4) is 0 Å². The lowest BCUT2D eigenvalue weighted by Crippen LogP contribution is -2.28. The molecule has 1 aromatic rings. The van der Waals surface area contributed by atoms with Crippen molar-refractivity contribution in [2.45, 2.75) is 39.2 Å². The highest BCUT2D eigenvalue weighted by atomic mass is 19.3. The summed E-state index contributed by atoms with van der Waals surface area (Å²) in [5, 5.41) is 12.9. The summed E-state index contributed by atoms with van der Waals surface area (Å²) in [7, 11) is 0. The Morgan fingerprint density at radius 3 is 2.42 bits per heavy atom. The molecule has 1 aromatic carbocycles. The first kappa shape index (κ1) is 15.7. The fourth-order valence-corrected chi connectivity index (χ4v) is 2.14. The standard InChI is InChI=1S/C14H22F2N2O/c1-3-9(4-2)13(19)8-18-12-6-5-10(17)7-11(12)14(15)16/h5-7,9,13-14,18-19H,3-4,8,17H2,1-2H3. The summed E-state index contributed by atoms with van der Waals surface area (Å²) in [5.74, 6) is 0.177. The van der Waals surface area contributed by atoms with E-state index in [9.17, 15) is 13.9 Å². The van der Waals surface area contributed by atoms with Crippen molar-refractivity contribution < 1.29 is 13.9 Å². The van der Waals surface area contributed by atoms with E-state index in [1.54, 1.807) is 6.07 Å². The summed E-state index contributed by atoms with van der Waals surface area (Å²) in [6.07, 6.45) is -1.40. The Labute approximate surface area is 112 Å². The monoisotopic (exact) mass is 272 g/mol. The van der Waals surface area contributed by atoms with Crippen LogP contribution < -0.4 is 11.1 Å². The van der Waals surface area contributed by atoms with Gasteiger partial charge >= 0.3 is 0 Å². The smallest absolute Gasteiger partial charge is 0.265 e. The average Bonchev–Trinajstić information content (AvgIpc) is 2.38. The third-order valence-electron chi connectivity index (χ3n) is 3.41. The van der Waals surface area contributed by atoms with Crippen LogP contribution in [0, 0.1) is 5.92 Å². The van der Waals surface area contributed by atoms with Crippen LogP contribution in [-0.2, 0) is 0 Å². The highest BCUT2D eigenvalue weighted by molar-refractivity contribution is 5.58. The molecule has 0 radical (unpaired) electrons. The Balaban J connectivity index is 2.72. The fraction of sp³-hybridized carbons (Fsp3) is 0.571. The summed E-state index contributed by atoms with van der Waals surface area (Å²) in [6.45, 7) is 4.27. The summed E-state index contributed by atoms with van der Waals surface area (Å²) in [5.41, 5.74) is 6.01. The van der Waals surface area contributed by atoms with E-state index < -0.39 is 12.5 Å². The van der Waals surface area contributed by atoms with E-state index in [0.29, 0.717) is 11.4 Å². The van der Waals surface area contributed by atoms with Crippen LogP contribution in [0.4, 0.5) is 20.2 Å². The van der Waals surface area contributed by atoms with Crippen LogP contribution in [0.15, 0.2) is 18.2 Å². The van der Waals surface area contributed by atoms with Crippen LogP contribution in [0.5, 0.6) is 0 Å².